The number of hydrogen-bond donors (Lipinski definition) is 1. The Kier molecular flexibility index (Phi) is 5.31. The number of hydrogen-bond acceptors (Lipinski definition) is 6. The number of methoxy groups -OCH3 is 1. The molecule has 9 nitrogen and oxygen atoms in total. The lowest BCUT2D eigenvalue weighted by atomic mass is 9.95. The van der Waals surface area contributed by atoms with Crippen molar-refractivity contribution < 1.29 is 18.8 Å². The van der Waals surface area contributed by atoms with E-state index in [-0.39, 0.29) is 18.4 Å². The Bertz CT molecular complexity index is 856. The van der Waals surface area contributed by atoms with Gasteiger partial charge < -0.3 is 24.5 Å². The van der Waals surface area contributed by atoms with Crippen molar-refractivity contribution in [3.63, 3.8) is 0 Å². The third-order valence-corrected chi connectivity index (χ3v) is 5.16. The molecule has 0 bridgehead atoms. The highest BCUT2D eigenvalue weighted by molar-refractivity contribution is 5.96. The van der Waals surface area contributed by atoms with E-state index in [2.05, 4.69) is 14.7 Å². The molecule has 0 aliphatic carbocycles. The number of aromatic nitrogens is 3. The first-order chi connectivity index (χ1) is 12.8. The molecule has 2 aromatic heterocycles. The largest absolute Gasteiger partial charge is 0.383 e. The lowest BCUT2D eigenvalue weighted by Crippen LogP contribution is -2.32. The minimum atomic E-state index is -0.550. The second kappa shape index (κ2) is 7.51. The van der Waals surface area contributed by atoms with E-state index in [4.69, 9.17) is 15.0 Å². The van der Waals surface area contributed by atoms with Gasteiger partial charge in [0.15, 0.2) is 5.82 Å². The molecule has 2 unspecified atom stereocenters. The molecule has 9 heteroatoms. The fourth-order valence-electron chi connectivity index (χ4n) is 3.69. The molecule has 2 atom stereocenters. The number of amides is 2. The van der Waals surface area contributed by atoms with Crippen molar-refractivity contribution in [2.75, 3.05) is 26.8 Å². The molecule has 1 aliphatic heterocycles. The Morgan fingerprint density at radius 1 is 1.33 bits per heavy atom. The van der Waals surface area contributed by atoms with Crippen LogP contribution >= 0.6 is 0 Å². The molecule has 2 amide bonds. The molecular formula is C18H25N5O4. The Hall–Kier alpha value is -2.68. The summed E-state index contributed by atoms with van der Waals surface area (Å²) >= 11 is 0. The summed E-state index contributed by atoms with van der Waals surface area (Å²) in [6, 6.07) is 1.87. The Morgan fingerprint density at radius 2 is 2.07 bits per heavy atom. The van der Waals surface area contributed by atoms with Crippen molar-refractivity contribution in [3.05, 3.63) is 34.7 Å². The zero-order valence-electron chi connectivity index (χ0n) is 16.1. The molecule has 3 rings (SSSR count). The highest BCUT2D eigenvalue weighted by Crippen LogP contribution is 2.33. The van der Waals surface area contributed by atoms with Gasteiger partial charge in [-0.15, -0.1) is 0 Å². The van der Waals surface area contributed by atoms with Crippen LogP contribution in [0.2, 0.25) is 0 Å². The van der Waals surface area contributed by atoms with E-state index in [1.165, 1.54) is 0 Å². The third-order valence-electron chi connectivity index (χ3n) is 5.16. The standard InChI is InChI=1S/C18H25N5O4/c1-10-7-13(11(2)23(10)5-6-26-4)18(25)22-8-14(16(19)24)15(9-22)17-20-12(3)21-27-17/h7,14-15H,5-6,8-9H2,1-4H3,(H2,19,24). The van der Waals surface area contributed by atoms with Gasteiger partial charge in [-0.3, -0.25) is 9.59 Å². The molecule has 0 aromatic carbocycles. The minimum absolute atomic E-state index is 0.128. The van der Waals surface area contributed by atoms with E-state index in [0.29, 0.717) is 37.0 Å². The minimum Gasteiger partial charge on any atom is -0.383 e. The quantitative estimate of drug-likeness (QED) is 0.798. The van der Waals surface area contributed by atoms with Gasteiger partial charge in [-0.1, -0.05) is 5.16 Å². The number of likely N-dealkylation sites (tertiary alicyclic amines) is 1. The van der Waals surface area contributed by atoms with E-state index in [0.717, 1.165) is 11.4 Å². The highest BCUT2D eigenvalue weighted by Gasteiger charge is 2.43. The average molecular weight is 375 g/mol. The maximum absolute atomic E-state index is 13.1. The molecule has 0 spiro atoms. The molecule has 0 saturated carbocycles. The highest BCUT2D eigenvalue weighted by atomic mass is 16.5. The van der Waals surface area contributed by atoms with Crippen molar-refractivity contribution in [2.45, 2.75) is 33.2 Å². The van der Waals surface area contributed by atoms with Gasteiger partial charge in [0.2, 0.25) is 11.8 Å². The summed E-state index contributed by atoms with van der Waals surface area (Å²) in [6.45, 7) is 7.37. The molecule has 27 heavy (non-hydrogen) atoms. The van der Waals surface area contributed by atoms with Crippen LogP contribution in [0.4, 0.5) is 0 Å². The van der Waals surface area contributed by atoms with Crippen molar-refractivity contribution in [1.29, 1.82) is 0 Å². The zero-order chi connectivity index (χ0) is 19.7. The number of rotatable bonds is 6. The predicted octanol–water partition coefficient (Wildman–Crippen LogP) is 0.784. The monoisotopic (exact) mass is 375 g/mol. The van der Waals surface area contributed by atoms with Crippen molar-refractivity contribution in [3.8, 4) is 0 Å². The maximum Gasteiger partial charge on any atom is 0.255 e. The van der Waals surface area contributed by atoms with E-state index < -0.39 is 11.8 Å². The molecule has 0 radical (unpaired) electrons. The van der Waals surface area contributed by atoms with E-state index >= 15 is 0 Å². The van der Waals surface area contributed by atoms with Gasteiger partial charge in [-0.25, -0.2) is 0 Å². The predicted molar refractivity (Wildman–Crippen MR) is 96.1 cm³/mol. The fourth-order valence-corrected chi connectivity index (χ4v) is 3.69. The first-order valence-corrected chi connectivity index (χ1v) is 8.88. The normalized spacial score (nSPS) is 19.6. The molecule has 2 aromatic rings. The van der Waals surface area contributed by atoms with E-state index in [9.17, 15) is 9.59 Å². The number of primary amides is 1. The summed E-state index contributed by atoms with van der Waals surface area (Å²) in [4.78, 5) is 30.9. The summed E-state index contributed by atoms with van der Waals surface area (Å²) in [7, 11) is 1.65. The molecule has 1 fully saturated rings. The van der Waals surface area contributed by atoms with Crippen LogP contribution in [0.3, 0.4) is 0 Å². The number of carbonyl (C=O) groups excluding carboxylic acids is 2. The number of nitrogens with two attached hydrogens (primary N) is 1. The second-order valence-corrected chi connectivity index (χ2v) is 6.93. The van der Waals surface area contributed by atoms with Gasteiger partial charge in [0.1, 0.15) is 0 Å². The summed E-state index contributed by atoms with van der Waals surface area (Å²) in [5.74, 6) is -0.708. The van der Waals surface area contributed by atoms with Gasteiger partial charge in [0.05, 0.1) is 24.0 Å². The van der Waals surface area contributed by atoms with Gasteiger partial charge in [0, 0.05) is 38.1 Å². The van der Waals surface area contributed by atoms with Crippen molar-refractivity contribution >= 4 is 11.8 Å². The van der Waals surface area contributed by atoms with Crippen LogP contribution in [0.5, 0.6) is 0 Å². The molecular weight excluding hydrogens is 350 g/mol. The van der Waals surface area contributed by atoms with Crippen LogP contribution in [-0.2, 0) is 16.1 Å². The van der Waals surface area contributed by atoms with Crippen LogP contribution < -0.4 is 5.73 Å². The van der Waals surface area contributed by atoms with Crippen molar-refractivity contribution in [2.24, 2.45) is 11.7 Å². The summed E-state index contributed by atoms with van der Waals surface area (Å²) < 4.78 is 12.4. The fraction of sp³-hybridized carbons (Fsp3) is 0.556. The first kappa shape index (κ1) is 19.1. The third kappa shape index (κ3) is 3.59. The smallest absolute Gasteiger partial charge is 0.255 e. The molecule has 2 N–H and O–H groups in total. The average Bonchev–Trinajstić information content (AvgIpc) is 3.31. The SMILES string of the molecule is COCCn1c(C)cc(C(=O)N2CC(C(N)=O)C(c3nc(C)no3)C2)c1C. The lowest BCUT2D eigenvalue weighted by Gasteiger charge is -2.16. The van der Waals surface area contributed by atoms with Crippen LogP contribution in [0, 0.1) is 26.7 Å². The van der Waals surface area contributed by atoms with Gasteiger partial charge in [-0.05, 0) is 26.8 Å². The Balaban J connectivity index is 1.84. The van der Waals surface area contributed by atoms with Crippen molar-refractivity contribution in [1.82, 2.24) is 19.6 Å². The van der Waals surface area contributed by atoms with E-state index in [1.807, 2.05) is 19.9 Å². The summed E-state index contributed by atoms with van der Waals surface area (Å²) in [5.41, 5.74) is 8.05. The van der Waals surface area contributed by atoms with Crippen LogP contribution in [0.25, 0.3) is 0 Å². The molecule has 1 aliphatic rings. The molecule has 3 heterocycles. The van der Waals surface area contributed by atoms with Gasteiger partial charge in [0.25, 0.3) is 5.91 Å². The first-order valence-electron chi connectivity index (χ1n) is 8.88. The maximum atomic E-state index is 13.1. The topological polar surface area (TPSA) is 116 Å². The van der Waals surface area contributed by atoms with Gasteiger partial charge in [-0.2, -0.15) is 4.98 Å². The van der Waals surface area contributed by atoms with Crippen LogP contribution in [-0.4, -0.2) is 58.2 Å². The number of nitrogens with zero attached hydrogens (tertiary/aromatic N) is 4. The molecule has 146 valence electrons. The number of carbonyl (C=O) groups is 2. The Labute approximate surface area is 157 Å². The second-order valence-electron chi connectivity index (χ2n) is 6.93. The zero-order valence-corrected chi connectivity index (χ0v) is 16.1. The lowest BCUT2D eigenvalue weighted by molar-refractivity contribution is -0.121. The van der Waals surface area contributed by atoms with Crippen LogP contribution in [0.15, 0.2) is 10.6 Å². The summed E-state index contributed by atoms with van der Waals surface area (Å²) in [5, 5.41) is 3.78. The molecule has 1 saturated heterocycles. The van der Waals surface area contributed by atoms with Gasteiger partial charge >= 0.3 is 0 Å². The number of aryl methyl sites for hydroxylation is 2. The van der Waals surface area contributed by atoms with Crippen LogP contribution in [0.1, 0.15) is 39.4 Å². The number of ether oxygens (including phenoxy) is 1. The Morgan fingerprint density at radius 3 is 2.67 bits per heavy atom. The van der Waals surface area contributed by atoms with E-state index in [1.54, 1.807) is 18.9 Å². The summed E-state index contributed by atoms with van der Waals surface area (Å²) in [6.07, 6.45) is 0.